The summed E-state index contributed by atoms with van der Waals surface area (Å²) in [6, 6.07) is 0. The Balaban J connectivity index is 2.48. The van der Waals surface area contributed by atoms with E-state index in [1.54, 1.807) is 0 Å². The normalized spacial score (nSPS) is 15.8. The number of hydrogen-bond acceptors (Lipinski definition) is 5. The number of aromatic nitrogens is 2. The maximum absolute atomic E-state index is 11.4. The Hall–Kier alpha value is -1.01. The molecule has 1 aromatic rings. The SMILES string of the molecule is CC(C)c1nc(CS(C)(=O)=O)nc2c1CCNC2. The zero-order valence-electron chi connectivity index (χ0n) is 11.0. The van der Waals surface area contributed by atoms with Crippen LogP contribution in [0, 0.1) is 0 Å². The van der Waals surface area contributed by atoms with Crippen molar-refractivity contribution in [2.45, 2.75) is 38.5 Å². The Kier molecular flexibility index (Phi) is 3.68. The van der Waals surface area contributed by atoms with Crippen LogP contribution in [0.5, 0.6) is 0 Å². The lowest BCUT2D eigenvalue weighted by atomic mass is 9.97. The Morgan fingerprint density at radius 3 is 2.67 bits per heavy atom. The second-order valence-electron chi connectivity index (χ2n) is 5.10. The summed E-state index contributed by atoms with van der Waals surface area (Å²) in [5, 5.41) is 3.26. The molecule has 5 nitrogen and oxygen atoms in total. The Bertz CT molecular complexity index is 553. The molecule has 0 saturated carbocycles. The monoisotopic (exact) mass is 269 g/mol. The van der Waals surface area contributed by atoms with E-state index in [2.05, 4.69) is 29.1 Å². The molecule has 0 saturated heterocycles. The fourth-order valence-electron chi connectivity index (χ4n) is 2.22. The molecule has 18 heavy (non-hydrogen) atoms. The van der Waals surface area contributed by atoms with Gasteiger partial charge >= 0.3 is 0 Å². The van der Waals surface area contributed by atoms with Crippen molar-refractivity contribution in [3.05, 3.63) is 22.8 Å². The summed E-state index contributed by atoms with van der Waals surface area (Å²) in [7, 11) is -3.09. The molecule has 0 radical (unpaired) electrons. The van der Waals surface area contributed by atoms with Crippen molar-refractivity contribution in [3.8, 4) is 0 Å². The van der Waals surface area contributed by atoms with Gasteiger partial charge in [0.2, 0.25) is 0 Å². The molecule has 2 heterocycles. The molecule has 1 aliphatic heterocycles. The van der Waals surface area contributed by atoms with Crippen molar-refractivity contribution in [3.63, 3.8) is 0 Å². The first-order valence-corrected chi connectivity index (χ1v) is 8.20. The van der Waals surface area contributed by atoms with Crippen molar-refractivity contribution >= 4 is 9.84 Å². The first-order valence-electron chi connectivity index (χ1n) is 6.14. The van der Waals surface area contributed by atoms with Crippen molar-refractivity contribution in [1.82, 2.24) is 15.3 Å². The van der Waals surface area contributed by atoms with Crippen molar-refractivity contribution in [1.29, 1.82) is 0 Å². The molecule has 1 aliphatic rings. The molecule has 1 N–H and O–H groups in total. The van der Waals surface area contributed by atoms with Crippen LogP contribution in [0.3, 0.4) is 0 Å². The van der Waals surface area contributed by atoms with Gasteiger partial charge in [-0.3, -0.25) is 0 Å². The molecule has 100 valence electrons. The fraction of sp³-hybridized carbons (Fsp3) is 0.667. The number of nitrogens with one attached hydrogen (secondary N) is 1. The van der Waals surface area contributed by atoms with E-state index in [0.29, 0.717) is 12.4 Å². The molecule has 0 amide bonds. The van der Waals surface area contributed by atoms with E-state index < -0.39 is 9.84 Å². The van der Waals surface area contributed by atoms with Gasteiger partial charge in [0, 0.05) is 12.8 Å². The summed E-state index contributed by atoms with van der Waals surface area (Å²) in [5.74, 6) is 0.627. The molecular formula is C12H19N3O2S. The quantitative estimate of drug-likeness (QED) is 0.878. The molecule has 0 aliphatic carbocycles. The Morgan fingerprint density at radius 2 is 2.06 bits per heavy atom. The number of rotatable bonds is 3. The lowest BCUT2D eigenvalue weighted by Gasteiger charge is -2.21. The maximum Gasteiger partial charge on any atom is 0.154 e. The molecule has 0 aromatic carbocycles. The van der Waals surface area contributed by atoms with Crippen molar-refractivity contribution < 1.29 is 8.42 Å². The lowest BCUT2D eigenvalue weighted by Crippen LogP contribution is -2.27. The van der Waals surface area contributed by atoms with E-state index >= 15 is 0 Å². The molecular weight excluding hydrogens is 250 g/mol. The molecule has 0 spiro atoms. The molecule has 6 heteroatoms. The zero-order chi connectivity index (χ0) is 13.3. The fourth-order valence-corrected chi connectivity index (χ4v) is 2.82. The predicted octanol–water partition coefficient (Wildman–Crippen LogP) is 0.790. The van der Waals surface area contributed by atoms with Gasteiger partial charge in [0.25, 0.3) is 0 Å². The molecule has 0 atom stereocenters. The minimum absolute atomic E-state index is 0.0833. The summed E-state index contributed by atoms with van der Waals surface area (Å²) >= 11 is 0. The first-order chi connectivity index (χ1) is 8.37. The van der Waals surface area contributed by atoms with Crippen LogP contribution in [-0.4, -0.2) is 31.2 Å². The standard InChI is InChI=1S/C12H19N3O2S/c1-8(2)12-9-4-5-13-6-10(9)14-11(15-12)7-18(3,16)17/h8,13H,4-7H2,1-3H3. The molecule has 2 rings (SSSR count). The van der Waals surface area contributed by atoms with Gasteiger partial charge in [0.05, 0.1) is 11.4 Å². The van der Waals surface area contributed by atoms with Crippen LogP contribution in [0.15, 0.2) is 0 Å². The summed E-state index contributed by atoms with van der Waals surface area (Å²) in [4.78, 5) is 8.84. The summed E-state index contributed by atoms with van der Waals surface area (Å²) < 4.78 is 22.7. The number of hydrogen-bond donors (Lipinski definition) is 1. The first kappa shape index (κ1) is 13.4. The van der Waals surface area contributed by atoms with Crippen molar-refractivity contribution in [2.75, 3.05) is 12.8 Å². The summed E-state index contributed by atoms with van der Waals surface area (Å²) in [5.41, 5.74) is 3.15. The van der Waals surface area contributed by atoms with Gasteiger partial charge in [-0.15, -0.1) is 0 Å². The number of fused-ring (bicyclic) bond motifs is 1. The summed E-state index contributed by atoms with van der Waals surface area (Å²) in [6.45, 7) is 5.79. The highest BCUT2D eigenvalue weighted by atomic mass is 32.2. The Labute approximate surface area is 108 Å². The van der Waals surface area contributed by atoms with Gasteiger partial charge in [0.1, 0.15) is 11.6 Å². The van der Waals surface area contributed by atoms with Gasteiger partial charge in [-0.05, 0) is 24.4 Å². The van der Waals surface area contributed by atoms with Gasteiger partial charge in [-0.2, -0.15) is 0 Å². The second-order valence-corrected chi connectivity index (χ2v) is 7.24. The van der Waals surface area contributed by atoms with Crippen LogP contribution in [0.1, 0.15) is 42.5 Å². The van der Waals surface area contributed by atoms with Crippen LogP contribution in [0.2, 0.25) is 0 Å². The smallest absolute Gasteiger partial charge is 0.154 e. The van der Waals surface area contributed by atoms with E-state index in [1.165, 1.54) is 11.8 Å². The average molecular weight is 269 g/mol. The van der Waals surface area contributed by atoms with Crippen LogP contribution in [-0.2, 0) is 28.6 Å². The third-order valence-corrected chi connectivity index (χ3v) is 3.74. The van der Waals surface area contributed by atoms with Gasteiger partial charge < -0.3 is 5.32 Å². The maximum atomic E-state index is 11.4. The molecule has 1 aromatic heterocycles. The third kappa shape index (κ3) is 3.05. The highest BCUT2D eigenvalue weighted by Gasteiger charge is 2.20. The highest BCUT2D eigenvalue weighted by molar-refractivity contribution is 7.89. The van der Waals surface area contributed by atoms with E-state index in [-0.39, 0.29) is 11.7 Å². The zero-order valence-corrected chi connectivity index (χ0v) is 11.8. The van der Waals surface area contributed by atoms with Crippen LogP contribution in [0.25, 0.3) is 0 Å². The lowest BCUT2D eigenvalue weighted by molar-refractivity contribution is 0.591. The molecule has 0 unspecified atom stereocenters. The van der Waals surface area contributed by atoms with Gasteiger partial charge in [0.15, 0.2) is 9.84 Å². The van der Waals surface area contributed by atoms with E-state index in [1.807, 2.05) is 0 Å². The van der Waals surface area contributed by atoms with E-state index in [9.17, 15) is 8.42 Å². The summed E-state index contributed by atoms with van der Waals surface area (Å²) in [6.07, 6.45) is 2.13. The molecule has 0 bridgehead atoms. The molecule has 0 fully saturated rings. The predicted molar refractivity (Wildman–Crippen MR) is 70.1 cm³/mol. The minimum Gasteiger partial charge on any atom is -0.311 e. The van der Waals surface area contributed by atoms with Crippen LogP contribution >= 0.6 is 0 Å². The number of sulfone groups is 1. The van der Waals surface area contributed by atoms with Gasteiger partial charge in [-0.25, -0.2) is 18.4 Å². The van der Waals surface area contributed by atoms with E-state index in [0.717, 1.165) is 24.4 Å². The Morgan fingerprint density at radius 1 is 1.33 bits per heavy atom. The van der Waals surface area contributed by atoms with Crippen LogP contribution < -0.4 is 5.32 Å². The third-order valence-electron chi connectivity index (χ3n) is 2.95. The largest absolute Gasteiger partial charge is 0.311 e. The average Bonchev–Trinajstić information content (AvgIpc) is 2.25. The topological polar surface area (TPSA) is 72.0 Å². The van der Waals surface area contributed by atoms with Crippen LogP contribution in [0.4, 0.5) is 0 Å². The minimum atomic E-state index is -3.09. The highest BCUT2D eigenvalue weighted by Crippen LogP contribution is 2.23. The van der Waals surface area contributed by atoms with E-state index in [4.69, 9.17) is 0 Å². The number of nitrogens with zero attached hydrogens (tertiary/aromatic N) is 2. The van der Waals surface area contributed by atoms with Crippen molar-refractivity contribution in [2.24, 2.45) is 0 Å². The second kappa shape index (κ2) is 4.93. The van der Waals surface area contributed by atoms with Gasteiger partial charge in [-0.1, -0.05) is 13.8 Å².